The summed E-state index contributed by atoms with van der Waals surface area (Å²) in [6, 6.07) is 10.6. The molecule has 1 aliphatic heterocycles. The molecule has 31 heavy (non-hydrogen) atoms. The lowest BCUT2D eigenvalue weighted by molar-refractivity contribution is -0.134. The summed E-state index contributed by atoms with van der Waals surface area (Å²) >= 11 is 1.36. The van der Waals surface area contributed by atoms with Gasteiger partial charge in [-0.1, -0.05) is 23.8 Å². The SMILES string of the molecule is CCN(CC)C(=O)C(NC(=O)c1cccs1)C1CCN(C(=O)c2ccc(C)cc2)CC1. The van der Waals surface area contributed by atoms with Crippen molar-refractivity contribution in [2.75, 3.05) is 26.2 Å². The summed E-state index contributed by atoms with van der Waals surface area (Å²) in [5, 5.41) is 4.85. The molecule has 6 nitrogen and oxygen atoms in total. The van der Waals surface area contributed by atoms with E-state index in [1.165, 1.54) is 11.3 Å². The van der Waals surface area contributed by atoms with E-state index >= 15 is 0 Å². The van der Waals surface area contributed by atoms with Gasteiger partial charge in [-0.05, 0) is 63.1 Å². The number of benzene rings is 1. The van der Waals surface area contributed by atoms with Crippen LogP contribution >= 0.6 is 11.3 Å². The number of amides is 3. The number of nitrogens with one attached hydrogen (secondary N) is 1. The van der Waals surface area contributed by atoms with E-state index in [0.29, 0.717) is 49.5 Å². The van der Waals surface area contributed by atoms with Crippen molar-refractivity contribution in [1.29, 1.82) is 0 Å². The molecule has 7 heteroatoms. The third-order valence-electron chi connectivity index (χ3n) is 5.97. The summed E-state index contributed by atoms with van der Waals surface area (Å²) in [6.45, 7) is 8.25. The lowest BCUT2D eigenvalue weighted by atomic mass is 9.88. The van der Waals surface area contributed by atoms with Crippen molar-refractivity contribution in [3.05, 3.63) is 57.8 Å². The van der Waals surface area contributed by atoms with E-state index in [0.717, 1.165) is 5.56 Å². The molecule has 0 spiro atoms. The molecule has 3 amide bonds. The standard InChI is InChI=1S/C24H31N3O3S/c1-4-26(5-2)24(30)21(25-22(28)20-7-6-16-31-20)18-12-14-27(15-13-18)23(29)19-10-8-17(3)9-11-19/h6-11,16,18,21H,4-5,12-15H2,1-3H3,(H,25,28). The van der Waals surface area contributed by atoms with Gasteiger partial charge in [0.25, 0.3) is 11.8 Å². The summed E-state index contributed by atoms with van der Waals surface area (Å²) in [4.78, 5) is 43.0. The average Bonchev–Trinajstić information content (AvgIpc) is 3.33. The van der Waals surface area contributed by atoms with Gasteiger partial charge in [-0.15, -0.1) is 11.3 Å². The number of likely N-dealkylation sites (tertiary alicyclic amines) is 1. The van der Waals surface area contributed by atoms with Crippen LogP contribution < -0.4 is 5.32 Å². The van der Waals surface area contributed by atoms with Crippen molar-refractivity contribution in [2.24, 2.45) is 5.92 Å². The predicted octanol–water partition coefficient (Wildman–Crippen LogP) is 3.58. The van der Waals surface area contributed by atoms with E-state index in [1.54, 1.807) is 11.0 Å². The molecule has 166 valence electrons. The van der Waals surface area contributed by atoms with E-state index in [2.05, 4.69) is 5.32 Å². The Labute approximate surface area is 188 Å². The number of nitrogens with zero attached hydrogens (tertiary/aromatic N) is 2. The zero-order valence-corrected chi connectivity index (χ0v) is 19.3. The summed E-state index contributed by atoms with van der Waals surface area (Å²) in [5.74, 6) is -0.233. The topological polar surface area (TPSA) is 69.7 Å². The van der Waals surface area contributed by atoms with Gasteiger partial charge in [-0.25, -0.2) is 0 Å². The Morgan fingerprint density at radius 2 is 1.74 bits per heavy atom. The Hall–Kier alpha value is -2.67. The van der Waals surface area contributed by atoms with Gasteiger partial charge in [-0.2, -0.15) is 0 Å². The van der Waals surface area contributed by atoms with Crippen LogP contribution in [0.1, 0.15) is 52.3 Å². The Morgan fingerprint density at radius 1 is 1.10 bits per heavy atom. The molecule has 1 N–H and O–H groups in total. The highest BCUT2D eigenvalue weighted by Gasteiger charge is 2.35. The molecule has 1 aromatic carbocycles. The molecule has 0 bridgehead atoms. The molecule has 1 atom stereocenters. The highest BCUT2D eigenvalue weighted by molar-refractivity contribution is 7.12. The van der Waals surface area contributed by atoms with Gasteiger partial charge in [0.15, 0.2) is 0 Å². The largest absolute Gasteiger partial charge is 0.341 e. The first-order valence-corrected chi connectivity index (χ1v) is 11.8. The number of hydrogen-bond acceptors (Lipinski definition) is 4. The fraction of sp³-hybridized carbons (Fsp3) is 0.458. The maximum Gasteiger partial charge on any atom is 0.262 e. The summed E-state index contributed by atoms with van der Waals surface area (Å²) < 4.78 is 0. The van der Waals surface area contributed by atoms with Gasteiger partial charge in [0.2, 0.25) is 5.91 Å². The van der Waals surface area contributed by atoms with Crippen molar-refractivity contribution < 1.29 is 14.4 Å². The Bertz CT molecular complexity index is 883. The quantitative estimate of drug-likeness (QED) is 0.714. The van der Waals surface area contributed by atoms with E-state index in [9.17, 15) is 14.4 Å². The summed E-state index contributed by atoms with van der Waals surface area (Å²) in [5.41, 5.74) is 1.81. The normalized spacial score (nSPS) is 15.4. The number of aryl methyl sites for hydroxylation is 1. The van der Waals surface area contributed by atoms with Gasteiger partial charge in [-0.3, -0.25) is 14.4 Å². The van der Waals surface area contributed by atoms with Gasteiger partial charge in [0.1, 0.15) is 6.04 Å². The van der Waals surface area contributed by atoms with Gasteiger partial charge in [0.05, 0.1) is 4.88 Å². The van der Waals surface area contributed by atoms with Crippen molar-refractivity contribution in [1.82, 2.24) is 15.1 Å². The second-order valence-electron chi connectivity index (χ2n) is 7.93. The smallest absolute Gasteiger partial charge is 0.262 e. The zero-order valence-electron chi connectivity index (χ0n) is 18.5. The molecule has 1 unspecified atom stereocenters. The highest BCUT2D eigenvalue weighted by atomic mass is 32.1. The van der Waals surface area contributed by atoms with E-state index < -0.39 is 6.04 Å². The van der Waals surface area contributed by atoms with Crippen LogP contribution in [0.4, 0.5) is 0 Å². The molecule has 0 radical (unpaired) electrons. The molecule has 1 aliphatic rings. The minimum Gasteiger partial charge on any atom is -0.341 e. The first kappa shape index (κ1) is 23.0. The molecule has 1 saturated heterocycles. The molecule has 3 rings (SSSR count). The number of thiophene rings is 1. The Morgan fingerprint density at radius 3 is 2.29 bits per heavy atom. The highest BCUT2D eigenvalue weighted by Crippen LogP contribution is 2.24. The zero-order chi connectivity index (χ0) is 22.4. The minimum atomic E-state index is -0.578. The number of carbonyl (C=O) groups excluding carboxylic acids is 3. The summed E-state index contributed by atoms with van der Waals surface area (Å²) in [7, 11) is 0. The van der Waals surface area contributed by atoms with Gasteiger partial charge < -0.3 is 15.1 Å². The number of hydrogen-bond donors (Lipinski definition) is 1. The van der Waals surface area contributed by atoms with Crippen LogP contribution in [0.3, 0.4) is 0 Å². The van der Waals surface area contributed by atoms with Crippen LogP contribution in [0.25, 0.3) is 0 Å². The van der Waals surface area contributed by atoms with Crippen molar-refractivity contribution in [3.63, 3.8) is 0 Å². The second kappa shape index (κ2) is 10.6. The van der Waals surface area contributed by atoms with Crippen molar-refractivity contribution >= 4 is 29.1 Å². The first-order valence-electron chi connectivity index (χ1n) is 10.9. The Kier molecular flexibility index (Phi) is 7.85. The number of rotatable bonds is 7. The molecule has 0 aliphatic carbocycles. The number of likely N-dealkylation sites (N-methyl/N-ethyl adjacent to an activating group) is 1. The summed E-state index contributed by atoms with van der Waals surface area (Å²) in [6.07, 6.45) is 1.36. The maximum absolute atomic E-state index is 13.2. The van der Waals surface area contributed by atoms with E-state index in [4.69, 9.17) is 0 Å². The van der Waals surface area contributed by atoms with Crippen LogP contribution in [0, 0.1) is 12.8 Å². The van der Waals surface area contributed by atoms with Crippen LogP contribution in [-0.4, -0.2) is 59.7 Å². The van der Waals surface area contributed by atoms with Gasteiger partial charge in [0, 0.05) is 31.7 Å². The van der Waals surface area contributed by atoms with Crippen LogP contribution in [-0.2, 0) is 4.79 Å². The lowest BCUT2D eigenvalue weighted by Gasteiger charge is -2.37. The fourth-order valence-electron chi connectivity index (χ4n) is 4.05. The molecule has 2 aromatic rings. The van der Waals surface area contributed by atoms with Gasteiger partial charge >= 0.3 is 0 Å². The third kappa shape index (κ3) is 5.53. The second-order valence-corrected chi connectivity index (χ2v) is 8.88. The molecule has 2 heterocycles. The number of piperidine rings is 1. The first-order chi connectivity index (χ1) is 14.9. The maximum atomic E-state index is 13.2. The molecule has 0 saturated carbocycles. The fourth-order valence-corrected chi connectivity index (χ4v) is 4.67. The monoisotopic (exact) mass is 441 g/mol. The van der Waals surface area contributed by atoms with Crippen LogP contribution in [0.2, 0.25) is 0 Å². The Balaban J connectivity index is 1.69. The van der Waals surface area contributed by atoms with Crippen molar-refractivity contribution in [3.8, 4) is 0 Å². The van der Waals surface area contributed by atoms with E-state index in [1.807, 2.05) is 61.4 Å². The van der Waals surface area contributed by atoms with Crippen molar-refractivity contribution in [2.45, 2.75) is 39.7 Å². The number of carbonyl (C=O) groups is 3. The van der Waals surface area contributed by atoms with Crippen LogP contribution in [0.5, 0.6) is 0 Å². The average molecular weight is 442 g/mol. The molecule has 1 aromatic heterocycles. The minimum absolute atomic E-state index is 0.000852. The third-order valence-corrected chi connectivity index (χ3v) is 6.84. The van der Waals surface area contributed by atoms with E-state index in [-0.39, 0.29) is 23.6 Å². The molecular weight excluding hydrogens is 410 g/mol. The predicted molar refractivity (Wildman–Crippen MR) is 123 cm³/mol. The molecular formula is C24H31N3O3S. The molecule has 1 fully saturated rings. The van der Waals surface area contributed by atoms with Crippen LogP contribution in [0.15, 0.2) is 41.8 Å². The lowest BCUT2D eigenvalue weighted by Crippen LogP contribution is -2.54.